The molecule has 0 bridgehead atoms. The summed E-state index contributed by atoms with van der Waals surface area (Å²) in [5, 5.41) is 0. The molecule has 0 N–H and O–H groups in total. The van der Waals surface area contributed by atoms with E-state index in [1.165, 1.54) is 6.42 Å². The molecule has 8 heavy (non-hydrogen) atoms. The van der Waals surface area contributed by atoms with Crippen molar-refractivity contribution in [2.45, 2.75) is 32.1 Å². The Hall–Kier alpha value is 1.31. The summed E-state index contributed by atoms with van der Waals surface area (Å²) in [7, 11) is 0. The van der Waals surface area contributed by atoms with Gasteiger partial charge in [-0.05, 0) is 12.8 Å². The van der Waals surface area contributed by atoms with Crippen LogP contribution >= 0.6 is 0 Å². The molecule has 1 nitrogen and oxygen atoms in total. The van der Waals surface area contributed by atoms with Crippen LogP contribution < -0.4 is 0 Å². The van der Waals surface area contributed by atoms with E-state index >= 15 is 0 Å². The Morgan fingerprint density at radius 3 is 1.75 bits per heavy atom. The third-order valence-corrected chi connectivity index (χ3v) is 1.41. The molecule has 0 heterocycles. The Morgan fingerprint density at radius 1 is 1.00 bits per heavy atom. The zero-order valence-electron chi connectivity index (χ0n) is 4.44. The summed E-state index contributed by atoms with van der Waals surface area (Å²) in [5.41, 5.74) is 0. The molecular weight excluding hydrogens is 127 g/mol. The van der Waals surface area contributed by atoms with Crippen molar-refractivity contribution in [3.8, 4) is 0 Å². The SMILES string of the molecule is O=C1CCCCC1.[KH]. The molecule has 42 valence electrons. The van der Waals surface area contributed by atoms with Crippen LogP contribution in [-0.2, 0) is 4.79 Å². The topological polar surface area (TPSA) is 17.1 Å². The van der Waals surface area contributed by atoms with E-state index in [2.05, 4.69) is 0 Å². The number of carbonyl (C=O) groups excluding carboxylic acids is 1. The van der Waals surface area contributed by atoms with E-state index in [1.54, 1.807) is 0 Å². The van der Waals surface area contributed by atoms with Crippen molar-refractivity contribution >= 4 is 57.2 Å². The molecule has 1 aliphatic rings. The fraction of sp³-hybridized carbons (Fsp3) is 0.833. The van der Waals surface area contributed by atoms with Gasteiger partial charge in [0.25, 0.3) is 0 Å². The number of ketones is 1. The third kappa shape index (κ3) is 3.36. The van der Waals surface area contributed by atoms with Crippen molar-refractivity contribution in [1.82, 2.24) is 0 Å². The van der Waals surface area contributed by atoms with E-state index in [1.807, 2.05) is 0 Å². The standard InChI is InChI=1S/C6H10O.K.H/c7-6-4-2-1-3-5-6;;/h1-5H2;;. The average molecular weight is 138 g/mol. The summed E-state index contributed by atoms with van der Waals surface area (Å²) < 4.78 is 0. The monoisotopic (exact) mass is 138 g/mol. The van der Waals surface area contributed by atoms with Crippen molar-refractivity contribution in [2.75, 3.05) is 0 Å². The maximum absolute atomic E-state index is 10.5. The molecule has 2 heteroatoms. The Morgan fingerprint density at radius 2 is 1.50 bits per heavy atom. The van der Waals surface area contributed by atoms with Crippen molar-refractivity contribution < 1.29 is 4.79 Å². The maximum atomic E-state index is 10.5. The Kier molecular flexibility index (Phi) is 5.96. The van der Waals surface area contributed by atoms with Crippen LogP contribution in [0, 0.1) is 0 Å². The molecule has 0 radical (unpaired) electrons. The van der Waals surface area contributed by atoms with Crippen LogP contribution in [0.25, 0.3) is 0 Å². The van der Waals surface area contributed by atoms with Gasteiger partial charge in [-0.1, -0.05) is 6.42 Å². The van der Waals surface area contributed by atoms with E-state index in [0.29, 0.717) is 5.78 Å². The Balaban J connectivity index is 0.000000490. The summed E-state index contributed by atoms with van der Waals surface area (Å²) in [5.74, 6) is 0.464. The van der Waals surface area contributed by atoms with Crippen molar-refractivity contribution in [3.05, 3.63) is 0 Å². The number of carbonyl (C=O) groups is 1. The molecule has 0 aromatic carbocycles. The number of hydrogen-bond donors (Lipinski definition) is 0. The van der Waals surface area contributed by atoms with Gasteiger partial charge in [-0.25, -0.2) is 0 Å². The second-order valence-corrected chi connectivity index (χ2v) is 2.10. The van der Waals surface area contributed by atoms with Gasteiger partial charge in [0.1, 0.15) is 5.78 Å². The van der Waals surface area contributed by atoms with Gasteiger partial charge < -0.3 is 0 Å². The molecule has 0 saturated heterocycles. The first-order chi connectivity index (χ1) is 3.39. The molecule has 0 aromatic rings. The molecule has 0 aliphatic heterocycles. The summed E-state index contributed by atoms with van der Waals surface area (Å²) in [6.45, 7) is 0. The first-order valence-corrected chi connectivity index (χ1v) is 2.91. The van der Waals surface area contributed by atoms with Gasteiger partial charge in [0, 0.05) is 12.8 Å². The van der Waals surface area contributed by atoms with E-state index in [0.717, 1.165) is 25.7 Å². The van der Waals surface area contributed by atoms with Gasteiger partial charge in [0.2, 0.25) is 0 Å². The molecule has 1 aliphatic carbocycles. The molecule has 1 rings (SSSR count). The van der Waals surface area contributed by atoms with Crippen LogP contribution in [-0.4, -0.2) is 57.2 Å². The van der Waals surface area contributed by atoms with Crippen LogP contribution in [0.4, 0.5) is 0 Å². The zero-order chi connectivity index (χ0) is 5.11. The Labute approximate surface area is 92.6 Å². The third-order valence-electron chi connectivity index (χ3n) is 1.41. The molecular formula is C6H11KO. The minimum atomic E-state index is 0. The van der Waals surface area contributed by atoms with Crippen LogP contribution in [0.2, 0.25) is 0 Å². The molecule has 1 saturated carbocycles. The van der Waals surface area contributed by atoms with Crippen molar-refractivity contribution in [1.29, 1.82) is 0 Å². The average Bonchev–Trinajstić information content (AvgIpc) is 1.69. The van der Waals surface area contributed by atoms with E-state index in [4.69, 9.17) is 0 Å². The molecule has 0 aromatic heterocycles. The second-order valence-electron chi connectivity index (χ2n) is 2.10. The van der Waals surface area contributed by atoms with Crippen LogP contribution in [0.15, 0.2) is 0 Å². The van der Waals surface area contributed by atoms with Gasteiger partial charge in [0.15, 0.2) is 0 Å². The number of rotatable bonds is 0. The van der Waals surface area contributed by atoms with E-state index < -0.39 is 0 Å². The zero-order valence-corrected chi connectivity index (χ0v) is 4.44. The fourth-order valence-electron chi connectivity index (χ4n) is 0.946. The molecule has 0 amide bonds. The normalized spacial score (nSPS) is 19.8. The molecule has 0 atom stereocenters. The molecule has 0 spiro atoms. The summed E-state index contributed by atoms with van der Waals surface area (Å²) >= 11 is 0. The number of hydrogen-bond acceptors (Lipinski definition) is 1. The van der Waals surface area contributed by atoms with E-state index in [-0.39, 0.29) is 51.4 Å². The Bertz CT molecular complexity index is 72.6. The van der Waals surface area contributed by atoms with Crippen molar-refractivity contribution in [2.24, 2.45) is 0 Å². The fourth-order valence-corrected chi connectivity index (χ4v) is 0.946. The van der Waals surface area contributed by atoms with Gasteiger partial charge in [0.05, 0.1) is 0 Å². The van der Waals surface area contributed by atoms with Gasteiger partial charge in [-0.3, -0.25) is 4.79 Å². The van der Waals surface area contributed by atoms with E-state index in [9.17, 15) is 4.79 Å². The quantitative estimate of drug-likeness (QED) is 0.454. The first-order valence-electron chi connectivity index (χ1n) is 2.91. The summed E-state index contributed by atoms with van der Waals surface area (Å²) in [6, 6.07) is 0. The minimum absolute atomic E-state index is 0. The molecule has 1 fully saturated rings. The van der Waals surface area contributed by atoms with Crippen molar-refractivity contribution in [3.63, 3.8) is 0 Å². The number of Topliss-reactive ketones (excluding diaryl/α,β-unsaturated/α-hetero) is 1. The first kappa shape index (κ1) is 9.31. The molecule has 0 unspecified atom stereocenters. The van der Waals surface area contributed by atoms with Crippen LogP contribution in [0.5, 0.6) is 0 Å². The van der Waals surface area contributed by atoms with Gasteiger partial charge in [-0.2, -0.15) is 0 Å². The van der Waals surface area contributed by atoms with Crippen LogP contribution in [0.3, 0.4) is 0 Å². The van der Waals surface area contributed by atoms with Crippen LogP contribution in [0.1, 0.15) is 32.1 Å². The summed E-state index contributed by atoms with van der Waals surface area (Å²) in [6.07, 6.45) is 5.24. The predicted molar refractivity (Wildman–Crippen MR) is 35.2 cm³/mol. The van der Waals surface area contributed by atoms with Gasteiger partial charge in [-0.15, -0.1) is 0 Å². The summed E-state index contributed by atoms with van der Waals surface area (Å²) in [4.78, 5) is 10.5. The second kappa shape index (κ2) is 5.12. The van der Waals surface area contributed by atoms with Gasteiger partial charge >= 0.3 is 51.4 Å². The predicted octanol–water partition coefficient (Wildman–Crippen LogP) is 0.871.